The van der Waals surface area contributed by atoms with Crippen LogP contribution in [0.2, 0.25) is 0 Å². The fourth-order valence-corrected chi connectivity index (χ4v) is 2.29. The Hall–Kier alpha value is -0.410. The van der Waals surface area contributed by atoms with Crippen LogP contribution in [-0.2, 0) is 0 Å². The minimum Gasteiger partial charge on any atom is -0.292 e. The first-order chi connectivity index (χ1) is 7.38. The number of rotatable bonds is 6. The van der Waals surface area contributed by atoms with Crippen LogP contribution in [0.3, 0.4) is 0 Å². The molecule has 0 bridgehead atoms. The Morgan fingerprint density at radius 1 is 1.33 bits per heavy atom. The molecular weight excluding hydrogens is 222 g/mol. The number of nitrogens with zero attached hydrogens (tertiary/aromatic N) is 1. The second-order valence-corrected chi connectivity index (χ2v) is 5.22. The van der Waals surface area contributed by atoms with Crippen LogP contribution in [0.15, 0.2) is 34.2 Å². The molecule has 0 aliphatic carbocycles. The van der Waals surface area contributed by atoms with Gasteiger partial charge in [0, 0.05) is 29.0 Å². The zero-order valence-electron chi connectivity index (χ0n) is 9.27. The lowest BCUT2D eigenvalue weighted by Crippen LogP contribution is -1.89. The Balaban J connectivity index is 2.48. The maximum absolute atomic E-state index is 4.43. The van der Waals surface area contributed by atoms with E-state index in [0.717, 1.165) is 12.3 Å². The molecule has 0 N–H and O–H groups in total. The third-order valence-electron chi connectivity index (χ3n) is 1.94. The fraction of sp³-hybridized carbons (Fsp3) is 0.417. The third-order valence-corrected chi connectivity index (χ3v) is 3.63. The first-order valence-electron chi connectivity index (χ1n) is 5.09. The van der Waals surface area contributed by atoms with Gasteiger partial charge in [0.05, 0.1) is 0 Å². The zero-order chi connectivity index (χ0) is 10.9. The van der Waals surface area contributed by atoms with Gasteiger partial charge in [-0.2, -0.15) is 11.8 Å². The number of thioether (sulfide) groups is 2. The van der Waals surface area contributed by atoms with E-state index in [0.29, 0.717) is 0 Å². The standard InChI is InChI=1S/C12H17NS2/c1-3-15-9-8-13-10-11-6-4-5-7-12(11)14-2/h4-7,10H,3,8-9H2,1-2H3. The Morgan fingerprint density at radius 2 is 2.13 bits per heavy atom. The molecule has 3 heteroatoms. The van der Waals surface area contributed by atoms with E-state index in [1.807, 2.05) is 18.0 Å². The molecule has 0 heterocycles. The third kappa shape index (κ3) is 4.76. The van der Waals surface area contributed by atoms with E-state index >= 15 is 0 Å². The number of aliphatic imine (C=N–C) groups is 1. The molecule has 0 aromatic heterocycles. The molecule has 0 radical (unpaired) electrons. The van der Waals surface area contributed by atoms with Gasteiger partial charge in [-0.3, -0.25) is 4.99 Å². The maximum Gasteiger partial charge on any atom is 0.0480 e. The summed E-state index contributed by atoms with van der Waals surface area (Å²) in [6, 6.07) is 8.37. The Kier molecular flexibility index (Phi) is 6.60. The first kappa shape index (κ1) is 12.7. The van der Waals surface area contributed by atoms with Crippen LogP contribution in [0.5, 0.6) is 0 Å². The van der Waals surface area contributed by atoms with Crippen molar-refractivity contribution in [2.24, 2.45) is 4.99 Å². The molecule has 15 heavy (non-hydrogen) atoms. The summed E-state index contributed by atoms with van der Waals surface area (Å²) in [5.41, 5.74) is 1.23. The molecule has 0 saturated carbocycles. The van der Waals surface area contributed by atoms with E-state index in [1.54, 1.807) is 11.8 Å². The molecule has 0 aliphatic heterocycles. The summed E-state index contributed by atoms with van der Waals surface area (Å²) in [4.78, 5) is 5.72. The summed E-state index contributed by atoms with van der Waals surface area (Å²) in [7, 11) is 0. The van der Waals surface area contributed by atoms with Crippen molar-refractivity contribution >= 4 is 29.7 Å². The lowest BCUT2D eigenvalue weighted by atomic mass is 10.2. The minimum absolute atomic E-state index is 0.918. The molecule has 0 saturated heterocycles. The molecule has 82 valence electrons. The second-order valence-electron chi connectivity index (χ2n) is 2.97. The maximum atomic E-state index is 4.43. The SMILES string of the molecule is CCSCCN=Cc1ccccc1SC. The average molecular weight is 239 g/mol. The van der Waals surface area contributed by atoms with Crippen LogP contribution >= 0.6 is 23.5 Å². The number of hydrogen-bond acceptors (Lipinski definition) is 3. The van der Waals surface area contributed by atoms with E-state index < -0.39 is 0 Å². The van der Waals surface area contributed by atoms with E-state index in [1.165, 1.54) is 16.2 Å². The first-order valence-corrected chi connectivity index (χ1v) is 7.47. The van der Waals surface area contributed by atoms with Gasteiger partial charge in [-0.25, -0.2) is 0 Å². The van der Waals surface area contributed by atoms with Gasteiger partial charge in [-0.05, 0) is 18.1 Å². The van der Waals surface area contributed by atoms with Crippen molar-refractivity contribution in [3.05, 3.63) is 29.8 Å². The summed E-state index contributed by atoms with van der Waals surface area (Å²) in [6.45, 7) is 3.10. The number of benzene rings is 1. The second kappa shape index (κ2) is 7.83. The van der Waals surface area contributed by atoms with E-state index in [-0.39, 0.29) is 0 Å². The van der Waals surface area contributed by atoms with Crippen molar-refractivity contribution < 1.29 is 0 Å². The topological polar surface area (TPSA) is 12.4 Å². The Bertz CT molecular complexity index is 310. The zero-order valence-corrected chi connectivity index (χ0v) is 10.9. The molecule has 0 amide bonds. The van der Waals surface area contributed by atoms with Crippen molar-refractivity contribution in [2.45, 2.75) is 11.8 Å². The highest BCUT2D eigenvalue weighted by atomic mass is 32.2. The van der Waals surface area contributed by atoms with Gasteiger partial charge in [0.25, 0.3) is 0 Å². The smallest absolute Gasteiger partial charge is 0.0480 e. The van der Waals surface area contributed by atoms with Crippen LogP contribution in [0.4, 0.5) is 0 Å². The number of hydrogen-bond donors (Lipinski definition) is 0. The summed E-state index contributed by atoms with van der Waals surface area (Å²) in [5.74, 6) is 2.30. The predicted octanol–water partition coefficient (Wildman–Crippen LogP) is 3.58. The Labute approximate surface area is 101 Å². The van der Waals surface area contributed by atoms with E-state index in [4.69, 9.17) is 0 Å². The van der Waals surface area contributed by atoms with E-state index in [2.05, 4.69) is 42.4 Å². The lowest BCUT2D eigenvalue weighted by molar-refractivity contribution is 1.15. The normalized spacial score (nSPS) is 11.1. The molecule has 0 spiro atoms. The van der Waals surface area contributed by atoms with E-state index in [9.17, 15) is 0 Å². The summed E-state index contributed by atoms with van der Waals surface area (Å²) in [5, 5.41) is 0. The molecule has 0 aliphatic rings. The highest BCUT2D eigenvalue weighted by Crippen LogP contribution is 2.17. The van der Waals surface area contributed by atoms with Crippen LogP contribution in [-0.4, -0.2) is 30.5 Å². The van der Waals surface area contributed by atoms with Gasteiger partial charge in [0.15, 0.2) is 0 Å². The van der Waals surface area contributed by atoms with Crippen molar-refractivity contribution in [2.75, 3.05) is 24.3 Å². The molecule has 0 unspecified atom stereocenters. The minimum atomic E-state index is 0.918. The largest absolute Gasteiger partial charge is 0.292 e. The molecule has 0 atom stereocenters. The van der Waals surface area contributed by atoms with Gasteiger partial charge < -0.3 is 0 Å². The molecule has 1 aromatic rings. The fourth-order valence-electron chi connectivity index (χ4n) is 1.20. The van der Waals surface area contributed by atoms with Crippen molar-refractivity contribution in [1.29, 1.82) is 0 Å². The molecule has 1 nitrogen and oxygen atoms in total. The van der Waals surface area contributed by atoms with Gasteiger partial charge in [0.2, 0.25) is 0 Å². The van der Waals surface area contributed by atoms with Crippen LogP contribution in [0.1, 0.15) is 12.5 Å². The van der Waals surface area contributed by atoms with Crippen molar-refractivity contribution in [1.82, 2.24) is 0 Å². The monoisotopic (exact) mass is 239 g/mol. The predicted molar refractivity (Wildman–Crippen MR) is 73.7 cm³/mol. The lowest BCUT2D eigenvalue weighted by Gasteiger charge is -2.00. The van der Waals surface area contributed by atoms with Gasteiger partial charge in [-0.1, -0.05) is 25.1 Å². The van der Waals surface area contributed by atoms with Gasteiger partial charge in [0.1, 0.15) is 0 Å². The highest BCUT2D eigenvalue weighted by molar-refractivity contribution is 7.99. The highest BCUT2D eigenvalue weighted by Gasteiger charge is 1.95. The molecular formula is C12H17NS2. The van der Waals surface area contributed by atoms with Crippen LogP contribution in [0, 0.1) is 0 Å². The van der Waals surface area contributed by atoms with Gasteiger partial charge in [-0.15, -0.1) is 11.8 Å². The molecule has 1 aromatic carbocycles. The average Bonchev–Trinajstić information content (AvgIpc) is 2.29. The van der Waals surface area contributed by atoms with Crippen molar-refractivity contribution in [3.63, 3.8) is 0 Å². The van der Waals surface area contributed by atoms with Gasteiger partial charge >= 0.3 is 0 Å². The summed E-state index contributed by atoms with van der Waals surface area (Å²) < 4.78 is 0. The van der Waals surface area contributed by atoms with Crippen molar-refractivity contribution in [3.8, 4) is 0 Å². The quantitative estimate of drug-likeness (QED) is 0.427. The van der Waals surface area contributed by atoms with Crippen LogP contribution in [0.25, 0.3) is 0 Å². The molecule has 1 rings (SSSR count). The summed E-state index contributed by atoms with van der Waals surface area (Å²) in [6.07, 6.45) is 4.08. The van der Waals surface area contributed by atoms with Crippen LogP contribution < -0.4 is 0 Å². The summed E-state index contributed by atoms with van der Waals surface area (Å²) >= 11 is 3.70. The molecule has 0 fully saturated rings. The Morgan fingerprint density at radius 3 is 2.87 bits per heavy atom.